The predicted octanol–water partition coefficient (Wildman–Crippen LogP) is 0.528. The Hall–Kier alpha value is -1.86. The first-order valence-corrected chi connectivity index (χ1v) is 6.85. The normalized spacial score (nSPS) is 10.0. The second-order valence-electron chi connectivity index (χ2n) is 4.45. The van der Waals surface area contributed by atoms with Gasteiger partial charge in [-0.05, 0) is 12.1 Å². The fourth-order valence-electron chi connectivity index (χ4n) is 1.81. The molecular formula is C14H21N3O3S. The molecule has 0 spiro atoms. The SMILES string of the molecule is COCCNC(=O)CN(C)c1cc(OC)ccc1C(N)=S. The lowest BCUT2D eigenvalue weighted by molar-refractivity contribution is -0.119. The van der Waals surface area contributed by atoms with Crippen molar-refractivity contribution in [2.24, 2.45) is 5.73 Å². The van der Waals surface area contributed by atoms with E-state index in [9.17, 15) is 4.79 Å². The highest BCUT2D eigenvalue weighted by Gasteiger charge is 2.14. The van der Waals surface area contributed by atoms with Crippen molar-refractivity contribution >= 4 is 28.8 Å². The predicted molar refractivity (Wildman–Crippen MR) is 87.0 cm³/mol. The molecular weight excluding hydrogens is 290 g/mol. The highest BCUT2D eigenvalue weighted by molar-refractivity contribution is 7.80. The summed E-state index contributed by atoms with van der Waals surface area (Å²) in [6, 6.07) is 5.37. The van der Waals surface area contributed by atoms with Crippen LogP contribution in [-0.4, -0.2) is 51.9 Å². The van der Waals surface area contributed by atoms with Crippen LogP contribution >= 0.6 is 12.2 Å². The zero-order valence-electron chi connectivity index (χ0n) is 12.5. The van der Waals surface area contributed by atoms with Gasteiger partial charge in [-0.25, -0.2) is 0 Å². The lowest BCUT2D eigenvalue weighted by atomic mass is 10.1. The molecule has 0 aliphatic heterocycles. The summed E-state index contributed by atoms with van der Waals surface area (Å²) in [4.78, 5) is 13.9. The van der Waals surface area contributed by atoms with Crippen molar-refractivity contribution in [3.05, 3.63) is 23.8 Å². The maximum atomic E-state index is 11.8. The zero-order chi connectivity index (χ0) is 15.8. The van der Waals surface area contributed by atoms with E-state index in [1.807, 2.05) is 0 Å². The number of nitrogens with one attached hydrogen (secondary N) is 1. The molecule has 116 valence electrons. The van der Waals surface area contributed by atoms with E-state index in [0.29, 0.717) is 24.5 Å². The molecule has 0 bridgehead atoms. The minimum Gasteiger partial charge on any atom is -0.497 e. The van der Waals surface area contributed by atoms with Gasteiger partial charge in [-0.3, -0.25) is 4.79 Å². The Morgan fingerprint density at radius 2 is 2.14 bits per heavy atom. The van der Waals surface area contributed by atoms with Crippen molar-refractivity contribution in [2.75, 3.05) is 45.9 Å². The van der Waals surface area contributed by atoms with Crippen LogP contribution in [0, 0.1) is 0 Å². The minimum absolute atomic E-state index is 0.105. The zero-order valence-corrected chi connectivity index (χ0v) is 13.3. The lowest BCUT2D eigenvalue weighted by Crippen LogP contribution is -2.37. The molecule has 7 heteroatoms. The van der Waals surface area contributed by atoms with E-state index < -0.39 is 0 Å². The van der Waals surface area contributed by atoms with Gasteiger partial charge in [-0.1, -0.05) is 12.2 Å². The van der Waals surface area contributed by atoms with Gasteiger partial charge in [-0.15, -0.1) is 0 Å². The Balaban J connectivity index is 2.82. The molecule has 3 N–H and O–H groups in total. The Kier molecular flexibility index (Phi) is 6.90. The number of carbonyl (C=O) groups excluding carboxylic acids is 1. The second kappa shape index (κ2) is 8.43. The van der Waals surface area contributed by atoms with Crippen molar-refractivity contribution in [3.63, 3.8) is 0 Å². The van der Waals surface area contributed by atoms with Gasteiger partial charge in [0.1, 0.15) is 10.7 Å². The van der Waals surface area contributed by atoms with E-state index in [4.69, 9.17) is 27.4 Å². The van der Waals surface area contributed by atoms with Crippen molar-refractivity contribution in [1.29, 1.82) is 0 Å². The fraction of sp³-hybridized carbons (Fsp3) is 0.429. The summed E-state index contributed by atoms with van der Waals surface area (Å²) < 4.78 is 10.1. The highest BCUT2D eigenvalue weighted by atomic mass is 32.1. The molecule has 1 rings (SSSR count). The van der Waals surface area contributed by atoms with Crippen LogP contribution in [0.2, 0.25) is 0 Å². The van der Waals surface area contributed by atoms with Crippen LogP contribution in [0.1, 0.15) is 5.56 Å². The average molecular weight is 311 g/mol. The third-order valence-corrected chi connectivity index (χ3v) is 3.11. The van der Waals surface area contributed by atoms with Crippen LogP contribution in [0.15, 0.2) is 18.2 Å². The number of rotatable bonds is 8. The Morgan fingerprint density at radius 1 is 1.43 bits per heavy atom. The monoisotopic (exact) mass is 311 g/mol. The molecule has 0 unspecified atom stereocenters. The number of carbonyl (C=O) groups is 1. The van der Waals surface area contributed by atoms with Crippen LogP contribution in [0.3, 0.4) is 0 Å². The van der Waals surface area contributed by atoms with E-state index in [1.165, 1.54) is 0 Å². The number of hydrogen-bond acceptors (Lipinski definition) is 5. The van der Waals surface area contributed by atoms with E-state index in [1.54, 1.807) is 44.4 Å². The number of amides is 1. The van der Waals surface area contributed by atoms with Gasteiger partial charge in [0, 0.05) is 32.3 Å². The molecule has 0 aliphatic rings. The maximum Gasteiger partial charge on any atom is 0.239 e. The van der Waals surface area contributed by atoms with E-state index in [-0.39, 0.29) is 17.4 Å². The van der Waals surface area contributed by atoms with Gasteiger partial charge in [0.05, 0.1) is 25.9 Å². The third kappa shape index (κ3) is 5.20. The first-order valence-electron chi connectivity index (χ1n) is 6.44. The quantitative estimate of drug-likeness (QED) is 0.539. The number of methoxy groups -OCH3 is 2. The molecule has 0 radical (unpaired) electrons. The van der Waals surface area contributed by atoms with Gasteiger partial charge in [0.25, 0.3) is 0 Å². The van der Waals surface area contributed by atoms with Gasteiger partial charge in [-0.2, -0.15) is 0 Å². The summed E-state index contributed by atoms with van der Waals surface area (Å²) in [6.45, 7) is 1.14. The summed E-state index contributed by atoms with van der Waals surface area (Å²) in [5.41, 5.74) is 7.18. The van der Waals surface area contributed by atoms with Crippen molar-refractivity contribution in [3.8, 4) is 5.75 Å². The summed E-state index contributed by atoms with van der Waals surface area (Å²) in [5, 5.41) is 2.76. The molecule has 0 atom stereocenters. The highest BCUT2D eigenvalue weighted by Crippen LogP contribution is 2.25. The molecule has 0 fully saturated rings. The molecule has 6 nitrogen and oxygen atoms in total. The summed E-state index contributed by atoms with van der Waals surface area (Å²) >= 11 is 5.04. The Labute approximate surface area is 130 Å². The maximum absolute atomic E-state index is 11.8. The minimum atomic E-state index is -0.105. The molecule has 0 aliphatic carbocycles. The lowest BCUT2D eigenvalue weighted by Gasteiger charge is -2.22. The molecule has 0 saturated heterocycles. The molecule has 0 heterocycles. The number of ether oxygens (including phenoxy) is 2. The van der Waals surface area contributed by atoms with E-state index in [2.05, 4.69) is 5.32 Å². The summed E-state index contributed by atoms with van der Waals surface area (Å²) in [7, 11) is 4.96. The topological polar surface area (TPSA) is 76.8 Å². The smallest absolute Gasteiger partial charge is 0.239 e. The third-order valence-electron chi connectivity index (χ3n) is 2.89. The first-order chi connectivity index (χ1) is 9.99. The Morgan fingerprint density at radius 3 is 2.71 bits per heavy atom. The molecule has 1 aromatic rings. The van der Waals surface area contributed by atoms with Crippen LogP contribution in [-0.2, 0) is 9.53 Å². The van der Waals surface area contributed by atoms with Gasteiger partial charge >= 0.3 is 0 Å². The van der Waals surface area contributed by atoms with Crippen molar-refractivity contribution < 1.29 is 14.3 Å². The molecule has 0 saturated carbocycles. The number of hydrogen-bond donors (Lipinski definition) is 2. The van der Waals surface area contributed by atoms with Crippen LogP contribution in [0.25, 0.3) is 0 Å². The van der Waals surface area contributed by atoms with Crippen LogP contribution in [0.5, 0.6) is 5.75 Å². The van der Waals surface area contributed by atoms with Gasteiger partial charge in [0.15, 0.2) is 0 Å². The number of nitrogens with two attached hydrogens (primary N) is 1. The van der Waals surface area contributed by atoms with Gasteiger partial charge < -0.3 is 25.4 Å². The van der Waals surface area contributed by atoms with Crippen LogP contribution in [0.4, 0.5) is 5.69 Å². The summed E-state index contributed by atoms with van der Waals surface area (Å²) in [5.74, 6) is 0.572. The number of anilines is 1. The molecule has 1 aromatic carbocycles. The first kappa shape index (κ1) is 17.2. The van der Waals surface area contributed by atoms with Crippen molar-refractivity contribution in [1.82, 2.24) is 5.32 Å². The molecule has 0 aromatic heterocycles. The van der Waals surface area contributed by atoms with E-state index >= 15 is 0 Å². The second-order valence-corrected chi connectivity index (χ2v) is 4.89. The van der Waals surface area contributed by atoms with Gasteiger partial charge in [0.2, 0.25) is 5.91 Å². The number of thiocarbonyl (C=S) groups is 1. The number of likely N-dealkylation sites (N-methyl/N-ethyl adjacent to an activating group) is 1. The number of benzene rings is 1. The van der Waals surface area contributed by atoms with Crippen LogP contribution < -0.4 is 20.7 Å². The van der Waals surface area contributed by atoms with Crippen molar-refractivity contribution in [2.45, 2.75) is 0 Å². The fourth-order valence-corrected chi connectivity index (χ4v) is 1.98. The largest absolute Gasteiger partial charge is 0.497 e. The number of nitrogens with zero attached hydrogens (tertiary/aromatic N) is 1. The van der Waals surface area contributed by atoms with E-state index in [0.717, 1.165) is 5.69 Å². The average Bonchev–Trinajstić information content (AvgIpc) is 2.46. The molecule has 21 heavy (non-hydrogen) atoms. The standard InChI is InChI=1S/C14H21N3O3S/c1-17(9-13(18)16-6-7-19-2)12-8-10(20-3)4-5-11(12)14(15)21/h4-5,8H,6-7,9H2,1-3H3,(H2,15,21)(H,16,18). The summed E-state index contributed by atoms with van der Waals surface area (Å²) in [6.07, 6.45) is 0. The molecule has 1 amide bonds. The Bertz CT molecular complexity index is 508.